The fourth-order valence-electron chi connectivity index (χ4n) is 2.41. The molecule has 1 aliphatic heterocycles. The van der Waals surface area contributed by atoms with Gasteiger partial charge in [0.2, 0.25) is 15.9 Å². The molecule has 24 heavy (non-hydrogen) atoms. The van der Waals surface area contributed by atoms with Gasteiger partial charge in [-0.1, -0.05) is 12.1 Å². The number of carbonyl (C=O) groups excluding carboxylic acids is 1. The zero-order chi connectivity index (χ0) is 17.4. The molecule has 7 nitrogen and oxygen atoms in total. The lowest BCUT2D eigenvalue weighted by molar-refractivity contribution is -0.120. The molecule has 0 unspecified atom stereocenters. The van der Waals surface area contributed by atoms with Crippen molar-refractivity contribution in [1.82, 2.24) is 9.62 Å². The Morgan fingerprint density at radius 2 is 1.92 bits per heavy atom. The third-order valence-corrected chi connectivity index (χ3v) is 5.72. The van der Waals surface area contributed by atoms with E-state index in [0.717, 1.165) is 11.3 Å². The molecular weight excluding hydrogens is 332 g/mol. The van der Waals surface area contributed by atoms with Crippen LogP contribution in [0.1, 0.15) is 12.0 Å². The van der Waals surface area contributed by atoms with Gasteiger partial charge in [-0.15, -0.1) is 0 Å². The molecule has 0 bridgehead atoms. The topological polar surface area (TPSA) is 84.9 Å². The molecular formula is C16H24N2O5S. The first kappa shape index (κ1) is 18.7. The number of methoxy groups -OCH3 is 1. The standard InChI is InChI=1S/C16H24N2O5S/c1-22-15-5-2-14(3-6-15)4-7-16(19)17-8-13-24(20,21)18-9-11-23-12-10-18/h2-3,5-6H,4,7-13H2,1H3,(H,17,19). The number of nitrogens with one attached hydrogen (secondary N) is 1. The summed E-state index contributed by atoms with van der Waals surface area (Å²) in [6.07, 6.45) is 0.927. The highest BCUT2D eigenvalue weighted by Gasteiger charge is 2.23. The van der Waals surface area contributed by atoms with Gasteiger partial charge in [-0.3, -0.25) is 4.79 Å². The highest BCUT2D eigenvalue weighted by Crippen LogP contribution is 2.12. The van der Waals surface area contributed by atoms with Crippen molar-refractivity contribution in [3.63, 3.8) is 0 Å². The van der Waals surface area contributed by atoms with Crippen LogP contribution in [0.3, 0.4) is 0 Å². The number of hydrogen-bond acceptors (Lipinski definition) is 5. The number of nitrogens with zero attached hydrogens (tertiary/aromatic N) is 1. The number of amides is 1. The van der Waals surface area contributed by atoms with E-state index in [1.54, 1.807) is 7.11 Å². The maximum absolute atomic E-state index is 12.1. The van der Waals surface area contributed by atoms with Gasteiger partial charge in [0.05, 0.1) is 26.1 Å². The average Bonchev–Trinajstić information content (AvgIpc) is 2.61. The van der Waals surface area contributed by atoms with Gasteiger partial charge in [-0.05, 0) is 24.1 Å². The zero-order valence-electron chi connectivity index (χ0n) is 13.9. The summed E-state index contributed by atoms with van der Waals surface area (Å²) in [5.74, 6) is 0.542. The third-order valence-electron chi connectivity index (χ3n) is 3.85. The van der Waals surface area contributed by atoms with Gasteiger partial charge in [-0.25, -0.2) is 8.42 Å². The van der Waals surface area contributed by atoms with Crippen molar-refractivity contribution in [1.29, 1.82) is 0 Å². The first-order chi connectivity index (χ1) is 11.5. The highest BCUT2D eigenvalue weighted by atomic mass is 32.2. The Hall–Kier alpha value is -1.64. The van der Waals surface area contributed by atoms with Crippen molar-refractivity contribution in [3.05, 3.63) is 29.8 Å². The van der Waals surface area contributed by atoms with Crippen molar-refractivity contribution in [2.75, 3.05) is 45.7 Å². The number of rotatable bonds is 8. The van der Waals surface area contributed by atoms with Crippen LogP contribution in [0.15, 0.2) is 24.3 Å². The fraction of sp³-hybridized carbons (Fsp3) is 0.562. The number of hydrogen-bond donors (Lipinski definition) is 1. The maximum atomic E-state index is 12.1. The summed E-state index contributed by atoms with van der Waals surface area (Å²) in [5, 5.41) is 2.67. The molecule has 1 saturated heterocycles. The van der Waals surface area contributed by atoms with E-state index in [1.165, 1.54) is 4.31 Å². The molecule has 1 aromatic rings. The van der Waals surface area contributed by atoms with Gasteiger partial charge in [-0.2, -0.15) is 4.31 Å². The van der Waals surface area contributed by atoms with E-state index in [9.17, 15) is 13.2 Å². The minimum atomic E-state index is -3.33. The van der Waals surface area contributed by atoms with Crippen LogP contribution in [0.25, 0.3) is 0 Å². The van der Waals surface area contributed by atoms with Crippen LogP contribution in [-0.4, -0.2) is 64.3 Å². The predicted octanol–water partition coefficient (Wildman–Crippen LogP) is 0.406. The van der Waals surface area contributed by atoms with Crippen LogP contribution in [0.4, 0.5) is 0 Å². The minimum absolute atomic E-state index is 0.0821. The summed E-state index contributed by atoms with van der Waals surface area (Å²) in [5.41, 5.74) is 1.03. The number of ether oxygens (including phenoxy) is 2. The quantitative estimate of drug-likeness (QED) is 0.729. The van der Waals surface area contributed by atoms with E-state index >= 15 is 0 Å². The monoisotopic (exact) mass is 356 g/mol. The zero-order valence-corrected chi connectivity index (χ0v) is 14.7. The first-order valence-corrected chi connectivity index (χ1v) is 9.57. The number of morpholine rings is 1. The Bertz CT molecular complexity index is 624. The molecule has 8 heteroatoms. The Morgan fingerprint density at radius 3 is 2.54 bits per heavy atom. The van der Waals surface area contributed by atoms with Gasteiger partial charge in [0.15, 0.2) is 0 Å². The van der Waals surface area contributed by atoms with Crippen LogP contribution < -0.4 is 10.1 Å². The van der Waals surface area contributed by atoms with Gasteiger partial charge in [0.25, 0.3) is 0 Å². The molecule has 1 N–H and O–H groups in total. The lowest BCUT2D eigenvalue weighted by atomic mass is 10.1. The second kappa shape index (κ2) is 9.00. The molecule has 0 radical (unpaired) electrons. The smallest absolute Gasteiger partial charge is 0.220 e. The van der Waals surface area contributed by atoms with Crippen molar-refractivity contribution < 1.29 is 22.7 Å². The number of aryl methyl sites for hydroxylation is 1. The van der Waals surface area contributed by atoms with Crippen molar-refractivity contribution in [3.8, 4) is 5.75 Å². The van der Waals surface area contributed by atoms with E-state index in [2.05, 4.69) is 5.32 Å². The Morgan fingerprint density at radius 1 is 1.25 bits per heavy atom. The lowest BCUT2D eigenvalue weighted by Gasteiger charge is -2.26. The Kier molecular flexibility index (Phi) is 7.01. The Labute approximate surface area is 143 Å². The van der Waals surface area contributed by atoms with Gasteiger partial charge in [0, 0.05) is 26.1 Å². The maximum Gasteiger partial charge on any atom is 0.220 e. The van der Waals surface area contributed by atoms with Crippen molar-refractivity contribution in [2.24, 2.45) is 0 Å². The molecule has 1 aromatic carbocycles. The molecule has 0 aromatic heterocycles. The summed E-state index contributed by atoms with van der Waals surface area (Å²) < 4.78 is 35.9. The fourth-order valence-corrected chi connectivity index (χ4v) is 3.74. The van der Waals surface area contributed by atoms with E-state index in [-0.39, 0.29) is 18.2 Å². The van der Waals surface area contributed by atoms with Crippen LogP contribution in [0.5, 0.6) is 5.75 Å². The first-order valence-electron chi connectivity index (χ1n) is 7.96. The number of carbonyl (C=O) groups is 1. The number of benzene rings is 1. The predicted molar refractivity (Wildman–Crippen MR) is 90.5 cm³/mol. The molecule has 0 spiro atoms. The SMILES string of the molecule is COc1ccc(CCC(=O)NCCS(=O)(=O)N2CCOCC2)cc1. The molecule has 0 saturated carbocycles. The number of sulfonamides is 1. The summed E-state index contributed by atoms with van der Waals surface area (Å²) in [6.45, 7) is 1.74. The molecule has 1 heterocycles. The van der Waals surface area contributed by atoms with Crippen LogP contribution >= 0.6 is 0 Å². The molecule has 0 aliphatic carbocycles. The molecule has 1 amide bonds. The van der Waals surface area contributed by atoms with Crippen molar-refractivity contribution in [2.45, 2.75) is 12.8 Å². The molecule has 134 valence electrons. The summed E-state index contributed by atoms with van der Waals surface area (Å²) in [6, 6.07) is 7.52. The largest absolute Gasteiger partial charge is 0.497 e. The van der Waals surface area contributed by atoms with E-state index < -0.39 is 10.0 Å². The molecule has 0 atom stereocenters. The molecule has 1 fully saturated rings. The average molecular weight is 356 g/mol. The summed E-state index contributed by atoms with van der Waals surface area (Å²) >= 11 is 0. The summed E-state index contributed by atoms with van der Waals surface area (Å²) in [7, 11) is -1.72. The van der Waals surface area contributed by atoms with Crippen LogP contribution in [0.2, 0.25) is 0 Å². The lowest BCUT2D eigenvalue weighted by Crippen LogP contribution is -2.43. The van der Waals surface area contributed by atoms with Gasteiger partial charge < -0.3 is 14.8 Å². The molecule has 1 aliphatic rings. The minimum Gasteiger partial charge on any atom is -0.497 e. The molecule has 2 rings (SSSR count). The van der Waals surface area contributed by atoms with E-state index in [1.807, 2.05) is 24.3 Å². The van der Waals surface area contributed by atoms with E-state index in [0.29, 0.717) is 39.1 Å². The second-order valence-corrected chi connectivity index (χ2v) is 7.61. The highest BCUT2D eigenvalue weighted by molar-refractivity contribution is 7.89. The normalized spacial score (nSPS) is 15.9. The van der Waals surface area contributed by atoms with E-state index in [4.69, 9.17) is 9.47 Å². The van der Waals surface area contributed by atoms with Crippen LogP contribution in [-0.2, 0) is 26.0 Å². The van der Waals surface area contributed by atoms with Gasteiger partial charge >= 0.3 is 0 Å². The third kappa shape index (κ3) is 5.77. The van der Waals surface area contributed by atoms with Crippen molar-refractivity contribution >= 4 is 15.9 Å². The van der Waals surface area contributed by atoms with Crippen LogP contribution in [0, 0.1) is 0 Å². The summed E-state index contributed by atoms with van der Waals surface area (Å²) in [4.78, 5) is 11.8. The van der Waals surface area contributed by atoms with Gasteiger partial charge in [0.1, 0.15) is 5.75 Å². The second-order valence-electron chi connectivity index (χ2n) is 5.53. The Balaban J connectivity index is 1.68.